The van der Waals surface area contributed by atoms with Crippen molar-refractivity contribution in [1.82, 2.24) is 4.31 Å². The fraction of sp³-hybridized carbons (Fsp3) is 0.538. The van der Waals surface area contributed by atoms with Crippen molar-refractivity contribution in [2.45, 2.75) is 37.5 Å². The van der Waals surface area contributed by atoms with E-state index in [0.29, 0.717) is 13.1 Å². The molecule has 108 valence electrons. The predicted molar refractivity (Wildman–Crippen MR) is 80.3 cm³/mol. The third-order valence-electron chi connectivity index (χ3n) is 2.88. The van der Waals surface area contributed by atoms with Gasteiger partial charge in [-0.05, 0) is 24.1 Å². The molecule has 0 spiro atoms. The molecule has 0 atom stereocenters. The molecule has 1 aromatic carbocycles. The minimum Gasteiger partial charge on any atom is -0.207 e. The highest BCUT2D eigenvalue weighted by Crippen LogP contribution is 2.26. The second-order valence-corrected chi connectivity index (χ2v) is 6.83. The lowest BCUT2D eigenvalue weighted by Crippen LogP contribution is -2.32. The van der Waals surface area contributed by atoms with E-state index < -0.39 is 10.0 Å². The molecule has 1 aromatic rings. The van der Waals surface area contributed by atoms with Crippen molar-refractivity contribution >= 4 is 33.2 Å². The van der Waals surface area contributed by atoms with Gasteiger partial charge in [0.2, 0.25) is 10.0 Å². The number of alkyl halides is 1. The molecule has 0 N–H and O–H groups in total. The van der Waals surface area contributed by atoms with Crippen molar-refractivity contribution < 1.29 is 8.42 Å². The highest BCUT2D eigenvalue weighted by Gasteiger charge is 2.25. The first-order valence-corrected chi connectivity index (χ1v) is 8.67. The van der Waals surface area contributed by atoms with Gasteiger partial charge in [0.15, 0.2) is 0 Å². The van der Waals surface area contributed by atoms with Crippen molar-refractivity contribution in [1.29, 1.82) is 0 Å². The molecule has 0 saturated heterocycles. The molecule has 0 heterocycles. The first-order valence-electron chi connectivity index (χ1n) is 6.31. The normalized spacial score (nSPS) is 12.1. The quantitative estimate of drug-likeness (QED) is 0.714. The van der Waals surface area contributed by atoms with E-state index in [4.69, 9.17) is 23.2 Å². The molecule has 0 aliphatic rings. The van der Waals surface area contributed by atoms with E-state index in [0.717, 1.165) is 18.4 Å². The summed E-state index contributed by atoms with van der Waals surface area (Å²) in [6.45, 7) is 4.80. The van der Waals surface area contributed by atoms with E-state index in [1.807, 2.05) is 13.8 Å². The summed E-state index contributed by atoms with van der Waals surface area (Å²) in [5.74, 6) is 0.265. The summed E-state index contributed by atoms with van der Waals surface area (Å²) in [4.78, 5) is 0.144. The average Bonchev–Trinajstić information content (AvgIpc) is 2.39. The molecular formula is C13H19Cl2NO2S. The zero-order valence-electron chi connectivity index (χ0n) is 11.2. The predicted octanol–water partition coefficient (Wildman–Crippen LogP) is 3.89. The third kappa shape index (κ3) is 4.09. The summed E-state index contributed by atoms with van der Waals surface area (Å²) in [5, 5.41) is 0.240. The SMILES string of the molecule is CCCCN(CC)S(=O)(=O)c1cc(CCl)ccc1Cl. The Bertz CT molecular complexity index is 517. The summed E-state index contributed by atoms with van der Waals surface area (Å²) < 4.78 is 26.6. The lowest BCUT2D eigenvalue weighted by atomic mass is 10.2. The zero-order valence-corrected chi connectivity index (χ0v) is 13.5. The molecular weight excluding hydrogens is 305 g/mol. The lowest BCUT2D eigenvalue weighted by molar-refractivity contribution is 0.419. The fourth-order valence-electron chi connectivity index (χ4n) is 1.75. The van der Waals surface area contributed by atoms with Crippen LogP contribution in [0.4, 0.5) is 0 Å². The Morgan fingerprint density at radius 3 is 2.47 bits per heavy atom. The van der Waals surface area contributed by atoms with E-state index in [2.05, 4.69) is 0 Å². The van der Waals surface area contributed by atoms with Gasteiger partial charge in [-0.3, -0.25) is 0 Å². The van der Waals surface area contributed by atoms with Crippen molar-refractivity contribution in [2.75, 3.05) is 13.1 Å². The molecule has 0 bridgehead atoms. The maximum atomic E-state index is 12.6. The molecule has 0 unspecified atom stereocenters. The molecule has 0 saturated carbocycles. The van der Waals surface area contributed by atoms with Crippen LogP contribution >= 0.6 is 23.2 Å². The standard InChI is InChI=1S/C13H19Cl2NO2S/c1-3-5-8-16(4-2)19(17,18)13-9-11(10-14)6-7-12(13)15/h6-7,9H,3-5,8,10H2,1-2H3. The molecule has 3 nitrogen and oxygen atoms in total. The Labute approximate surface area is 125 Å². The molecule has 0 fully saturated rings. The van der Waals surface area contributed by atoms with E-state index in [9.17, 15) is 8.42 Å². The van der Waals surface area contributed by atoms with Gasteiger partial charge in [-0.15, -0.1) is 11.6 Å². The Kier molecular flexibility index (Phi) is 6.60. The maximum absolute atomic E-state index is 12.6. The fourth-order valence-corrected chi connectivity index (χ4v) is 3.93. The van der Waals surface area contributed by atoms with Crippen LogP contribution in [0.1, 0.15) is 32.3 Å². The van der Waals surface area contributed by atoms with E-state index in [-0.39, 0.29) is 15.8 Å². The third-order valence-corrected chi connectivity index (χ3v) is 5.65. The van der Waals surface area contributed by atoms with Crippen LogP contribution in [-0.4, -0.2) is 25.8 Å². The van der Waals surface area contributed by atoms with Crippen molar-refractivity contribution in [3.8, 4) is 0 Å². The zero-order chi connectivity index (χ0) is 14.5. The second-order valence-electron chi connectivity index (χ2n) is 4.25. The number of hydrogen-bond donors (Lipinski definition) is 0. The molecule has 0 amide bonds. The minimum atomic E-state index is -3.54. The van der Waals surface area contributed by atoms with Gasteiger partial charge in [0.1, 0.15) is 4.90 Å². The lowest BCUT2D eigenvalue weighted by Gasteiger charge is -2.21. The van der Waals surface area contributed by atoms with Crippen molar-refractivity contribution in [2.24, 2.45) is 0 Å². The summed E-state index contributed by atoms with van der Waals surface area (Å²) in [6.07, 6.45) is 1.78. The van der Waals surface area contributed by atoms with Crippen molar-refractivity contribution in [3.63, 3.8) is 0 Å². The second kappa shape index (κ2) is 7.48. The highest BCUT2D eigenvalue weighted by molar-refractivity contribution is 7.89. The van der Waals surface area contributed by atoms with Gasteiger partial charge in [-0.1, -0.05) is 37.9 Å². The molecule has 6 heteroatoms. The number of sulfonamides is 1. The monoisotopic (exact) mass is 323 g/mol. The molecule has 0 aromatic heterocycles. The molecule has 19 heavy (non-hydrogen) atoms. The van der Waals surface area contributed by atoms with Gasteiger partial charge >= 0.3 is 0 Å². The van der Waals surface area contributed by atoms with E-state index >= 15 is 0 Å². The van der Waals surface area contributed by atoms with Gasteiger partial charge in [0, 0.05) is 19.0 Å². The van der Waals surface area contributed by atoms with Gasteiger partial charge in [-0.2, -0.15) is 4.31 Å². The van der Waals surface area contributed by atoms with Gasteiger partial charge in [0.25, 0.3) is 0 Å². The number of benzene rings is 1. The summed E-state index contributed by atoms with van der Waals surface area (Å²) in [7, 11) is -3.54. The number of nitrogens with zero attached hydrogens (tertiary/aromatic N) is 1. The largest absolute Gasteiger partial charge is 0.244 e. The summed E-state index contributed by atoms with van der Waals surface area (Å²) >= 11 is 11.8. The van der Waals surface area contributed by atoms with E-state index in [1.54, 1.807) is 18.2 Å². The van der Waals surface area contributed by atoms with Crippen LogP contribution in [0.3, 0.4) is 0 Å². The first kappa shape index (κ1) is 16.8. The van der Waals surface area contributed by atoms with Gasteiger partial charge < -0.3 is 0 Å². The maximum Gasteiger partial charge on any atom is 0.244 e. The van der Waals surface area contributed by atoms with Crippen LogP contribution in [-0.2, 0) is 15.9 Å². The smallest absolute Gasteiger partial charge is 0.207 e. The molecule has 0 aliphatic heterocycles. The Morgan fingerprint density at radius 1 is 1.26 bits per heavy atom. The van der Waals surface area contributed by atoms with E-state index in [1.165, 1.54) is 4.31 Å². The van der Waals surface area contributed by atoms with Crippen LogP contribution in [0.5, 0.6) is 0 Å². The topological polar surface area (TPSA) is 37.4 Å². The number of halogens is 2. The highest BCUT2D eigenvalue weighted by atomic mass is 35.5. The summed E-state index contributed by atoms with van der Waals surface area (Å²) in [5.41, 5.74) is 0.746. The molecule has 1 rings (SSSR count). The summed E-state index contributed by atoms with van der Waals surface area (Å²) in [6, 6.07) is 4.87. The minimum absolute atomic E-state index is 0.144. The van der Waals surface area contributed by atoms with Crippen LogP contribution < -0.4 is 0 Å². The van der Waals surface area contributed by atoms with Crippen molar-refractivity contribution in [3.05, 3.63) is 28.8 Å². The first-order chi connectivity index (χ1) is 8.97. The molecule has 0 radical (unpaired) electrons. The number of hydrogen-bond acceptors (Lipinski definition) is 2. The Morgan fingerprint density at radius 2 is 1.95 bits per heavy atom. The average molecular weight is 324 g/mol. The van der Waals surface area contributed by atoms with Crippen LogP contribution in [0.15, 0.2) is 23.1 Å². The van der Waals surface area contributed by atoms with Crippen LogP contribution in [0.2, 0.25) is 5.02 Å². The number of unbranched alkanes of at least 4 members (excludes halogenated alkanes) is 1. The number of rotatable bonds is 7. The molecule has 0 aliphatic carbocycles. The Hall–Kier alpha value is -0.290. The van der Waals surface area contributed by atoms with Crippen LogP contribution in [0.25, 0.3) is 0 Å². The Balaban J connectivity index is 3.17. The van der Waals surface area contributed by atoms with Crippen LogP contribution in [0, 0.1) is 0 Å². The van der Waals surface area contributed by atoms with Gasteiger partial charge in [-0.25, -0.2) is 8.42 Å². The van der Waals surface area contributed by atoms with Gasteiger partial charge in [0.05, 0.1) is 5.02 Å².